The van der Waals surface area contributed by atoms with Gasteiger partial charge in [0.15, 0.2) is 11.5 Å². The SMILES string of the molecule is CO/N=C(\[C]=O)c1ccco1. The Morgan fingerprint density at radius 2 is 2.64 bits per heavy atom. The zero-order valence-electron chi connectivity index (χ0n) is 5.90. The van der Waals surface area contributed by atoms with E-state index in [1.165, 1.54) is 13.4 Å². The third-order valence-corrected chi connectivity index (χ3v) is 1.03. The van der Waals surface area contributed by atoms with E-state index in [0.717, 1.165) is 0 Å². The summed E-state index contributed by atoms with van der Waals surface area (Å²) in [5, 5.41) is 3.38. The van der Waals surface area contributed by atoms with Gasteiger partial charge in [0.2, 0.25) is 0 Å². The van der Waals surface area contributed by atoms with Crippen LogP contribution in [0, 0.1) is 0 Å². The Morgan fingerprint density at radius 3 is 3.09 bits per heavy atom. The van der Waals surface area contributed by atoms with Gasteiger partial charge in [0.05, 0.1) is 6.26 Å². The highest BCUT2D eigenvalue weighted by atomic mass is 16.6. The van der Waals surface area contributed by atoms with E-state index >= 15 is 0 Å². The van der Waals surface area contributed by atoms with Gasteiger partial charge >= 0.3 is 0 Å². The Kier molecular flexibility index (Phi) is 2.43. The van der Waals surface area contributed by atoms with Crippen LogP contribution in [0.4, 0.5) is 0 Å². The highest BCUT2D eigenvalue weighted by Crippen LogP contribution is 2.00. The summed E-state index contributed by atoms with van der Waals surface area (Å²) in [4.78, 5) is 14.6. The summed E-state index contributed by atoms with van der Waals surface area (Å²) in [6.45, 7) is 0. The monoisotopic (exact) mass is 152 g/mol. The van der Waals surface area contributed by atoms with Crippen molar-refractivity contribution in [3.05, 3.63) is 24.2 Å². The highest BCUT2D eigenvalue weighted by molar-refractivity contribution is 6.35. The Balaban J connectivity index is 2.88. The average molecular weight is 152 g/mol. The predicted molar refractivity (Wildman–Crippen MR) is 37.9 cm³/mol. The van der Waals surface area contributed by atoms with Crippen LogP contribution < -0.4 is 0 Å². The van der Waals surface area contributed by atoms with E-state index in [0.29, 0.717) is 5.76 Å². The molecule has 0 saturated carbocycles. The molecule has 1 heterocycles. The van der Waals surface area contributed by atoms with Crippen LogP contribution in [-0.4, -0.2) is 19.1 Å². The van der Waals surface area contributed by atoms with Gasteiger partial charge in [0, 0.05) is 0 Å². The largest absolute Gasteiger partial charge is 0.462 e. The Labute approximate surface area is 63.4 Å². The van der Waals surface area contributed by atoms with E-state index in [2.05, 4.69) is 9.99 Å². The van der Waals surface area contributed by atoms with E-state index in [9.17, 15) is 4.79 Å². The molecular weight excluding hydrogens is 146 g/mol. The van der Waals surface area contributed by atoms with Gasteiger partial charge in [-0.15, -0.1) is 0 Å². The molecule has 0 aromatic carbocycles. The first-order valence-corrected chi connectivity index (χ1v) is 2.91. The summed E-state index contributed by atoms with van der Waals surface area (Å²) in [6, 6.07) is 3.25. The zero-order chi connectivity index (χ0) is 8.10. The van der Waals surface area contributed by atoms with E-state index in [1.807, 2.05) is 0 Å². The summed E-state index contributed by atoms with van der Waals surface area (Å²) in [6.07, 6.45) is 3.03. The van der Waals surface area contributed by atoms with Crippen molar-refractivity contribution >= 4 is 12.0 Å². The van der Waals surface area contributed by atoms with Gasteiger partial charge in [-0.3, -0.25) is 4.79 Å². The molecule has 0 aliphatic carbocycles. The van der Waals surface area contributed by atoms with Crippen molar-refractivity contribution in [1.29, 1.82) is 0 Å². The quantitative estimate of drug-likeness (QED) is 0.474. The predicted octanol–water partition coefficient (Wildman–Crippen LogP) is 0.740. The lowest BCUT2D eigenvalue weighted by Crippen LogP contribution is -2.00. The molecule has 1 aromatic rings. The molecule has 0 fully saturated rings. The van der Waals surface area contributed by atoms with Crippen molar-refractivity contribution in [3.8, 4) is 0 Å². The lowest BCUT2D eigenvalue weighted by molar-refractivity contribution is 0.213. The summed E-state index contributed by atoms with van der Waals surface area (Å²) in [5.74, 6) is 0.349. The number of nitrogens with zero attached hydrogens (tertiary/aromatic N) is 1. The number of rotatable bonds is 3. The third-order valence-electron chi connectivity index (χ3n) is 1.03. The first-order valence-electron chi connectivity index (χ1n) is 2.91. The van der Waals surface area contributed by atoms with Gasteiger partial charge < -0.3 is 9.25 Å². The molecule has 1 aromatic heterocycles. The second-order valence-electron chi connectivity index (χ2n) is 1.70. The molecule has 0 amide bonds. The fourth-order valence-electron chi connectivity index (χ4n) is 0.619. The van der Waals surface area contributed by atoms with Crippen molar-refractivity contribution < 1.29 is 14.0 Å². The number of oxime groups is 1. The normalized spacial score (nSPS) is 11.2. The lowest BCUT2D eigenvalue weighted by atomic mass is 10.3. The minimum atomic E-state index is 0.0255. The molecular formula is C7H6NO3. The lowest BCUT2D eigenvalue weighted by Gasteiger charge is -1.89. The third kappa shape index (κ3) is 1.67. The maximum absolute atomic E-state index is 10.2. The van der Waals surface area contributed by atoms with Crippen LogP contribution in [-0.2, 0) is 9.63 Å². The van der Waals surface area contributed by atoms with Crippen molar-refractivity contribution in [1.82, 2.24) is 0 Å². The second kappa shape index (κ2) is 3.55. The number of furan rings is 1. The molecule has 57 valence electrons. The fourth-order valence-corrected chi connectivity index (χ4v) is 0.619. The van der Waals surface area contributed by atoms with Crippen LogP contribution in [0.3, 0.4) is 0 Å². The zero-order valence-corrected chi connectivity index (χ0v) is 5.90. The Bertz CT molecular complexity index is 251. The van der Waals surface area contributed by atoms with Crippen molar-refractivity contribution in [3.63, 3.8) is 0 Å². The topological polar surface area (TPSA) is 51.8 Å². The molecule has 4 heteroatoms. The first-order chi connectivity index (χ1) is 5.38. The Morgan fingerprint density at radius 1 is 1.82 bits per heavy atom. The average Bonchev–Trinajstić information content (AvgIpc) is 2.52. The van der Waals surface area contributed by atoms with Gasteiger partial charge in [-0.2, -0.15) is 0 Å². The van der Waals surface area contributed by atoms with Gasteiger partial charge in [0.1, 0.15) is 7.11 Å². The molecule has 0 aliphatic heterocycles. The van der Waals surface area contributed by atoms with Crippen LogP contribution in [0.25, 0.3) is 0 Å². The van der Waals surface area contributed by atoms with Crippen molar-refractivity contribution in [2.45, 2.75) is 0 Å². The maximum atomic E-state index is 10.2. The van der Waals surface area contributed by atoms with Crippen LogP contribution in [0.1, 0.15) is 5.76 Å². The number of hydrogen-bond donors (Lipinski definition) is 0. The van der Waals surface area contributed by atoms with E-state index in [-0.39, 0.29) is 5.71 Å². The van der Waals surface area contributed by atoms with Gasteiger partial charge in [-0.25, -0.2) is 0 Å². The molecule has 11 heavy (non-hydrogen) atoms. The van der Waals surface area contributed by atoms with E-state index in [1.54, 1.807) is 18.4 Å². The van der Waals surface area contributed by atoms with Crippen LogP contribution in [0.15, 0.2) is 28.0 Å². The van der Waals surface area contributed by atoms with Gasteiger partial charge in [-0.05, 0) is 12.1 Å². The molecule has 0 spiro atoms. The smallest absolute Gasteiger partial charge is 0.261 e. The molecule has 0 bridgehead atoms. The Hall–Kier alpha value is -1.58. The molecule has 4 nitrogen and oxygen atoms in total. The van der Waals surface area contributed by atoms with Crippen LogP contribution >= 0.6 is 0 Å². The minimum Gasteiger partial charge on any atom is -0.462 e. The highest BCUT2D eigenvalue weighted by Gasteiger charge is 2.05. The second-order valence-corrected chi connectivity index (χ2v) is 1.70. The number of carbonyl (C=O) groups excluding carboxylic acids is 1. The van der Waals surface area contributed by atoms with E-state index < -0.39 is 0 Å². The minimum absolute atomic E-state index is 0.0255. The maximum Gasteiger partial charge on any atom is 0.261 e. The van der Waals surface area contributed by atoms with E-state index in [4.69, 9.17) is 4.42 Å². The fraction of sp³-hybridized carbons (Fsp3) is 0.143. The molecule has 0 atom stereocenters. The van der Waals surface area contributed by atoms with Gasteiger partial charge in [0.25, 0.3) is 6.29 Å². The summed E-state index contributed by atoms with van der Waals surface area (Å²) in [7, 11) is 1.35. The van der Waals surface area contributed by atoms with Gasteiger partial charge in [-0.1, -0.05) is 5.16 Å². The summed E-state index contributed by atoms with van der Waals surface area (Å²) in [5.41, 5.74) is 0.0255. The molecule has 0 aliphatic rings. The van der Waals surface area contributed by atoms with Crippen molar-refractivity contribution in [2.24, 2.45) is 5.16 Å². The summed E-state index contributed by atoms with van der Waals surface area (Å²) >= 11 is 0. The van der Waals surface area contributed by atoms with Crippen LogP contribution in [0.2, 0.25) is 0 Å². The molecule has 0 saturated heterocycles. The molecule has 1 radical (unpaired) electrons. The van der Waals surface area contributed by atoms with Crippen molar-refractivity contribution in [2.75, 3.05) is 7.11 Å². The van der Waals surface area contributed by atoms with Crippen LogP contribution in [0.5, 0.6) is 0 Å². The number of hydrogen-bond acceptors (Lipinski definition) is 4. The summed E-state index contributed by atoms with van der Waals surface area (Å²) < 4.78 is 4.87. The molecule has 0 unspecified atom stereocenters. The molecule has 0 N–H and O–H groups in total. The first kappa shape index (κ1) is 7.53. The standard InChI is InChI=1S/C7H6NO3/c1-10-8-6(5-9)7-3-2-4-11-7/h2-4H,1H3/b8-6+. The molecule has 1 rings (SSSR count).